The Morgan fingerprint density at radius 1 is 1.11 bits per heavy atom. The van der Waals surface area contributed by atoms with Crippen LogP contribution in [0.2, 0.25) is 0 Å². The van der Waals surface area contributed by atoms with Gasteiger partial charge < -0.3 is 9.47 Å². The van der Waals surface area contributed by atoms with Crippen LogP contribution in [0.5, 0.6) is 5.75 Å². The molecule has 0 radical (unpaired) electrons. The Hall–Kier alpha value is -2.80. The average Bonchev–Trinajstić information content (AvgIpc) is 2.65. The van der Waals surface area contributed by atoms with E-state index in [0.717, 1.165) is 9.87 Å². The zero-order valence-electron chi connectivity index (χ0n) is 15.4. The van der Waals surface area contributed by atoms with Crippen molar-refractivity contribution in [3.63, 3.8) is 0 Å². The summed E-state index contributed by atoms with van der Waals surface area (Å²) in [6.07, 6.45) is 1.61. The van der Waals surface area contributed by atoms with E-state index in [1.165, 1.54) is 12.1 Å². The molecule has 144 valence electrons. The molecular formula is C20H23NO5S. The lowest BCUT2D eigenvalue weighted by Gasteiger charge is -2.24. The van der Waals surface area contributed by atoms with Gasteiger partial charge in [0.05, 0.1) is 17.2 Å². The van der Waals surface area contributed by atoms with Crippen molar-refractivity contribution < 1.29 is 22.7 Å². The molecule has 0 amide bonds. The highest BCUT2D eigenvalue weighted by atomic mass is 32.2. The number of nitrogens with zero attached hydrogens (tertiary/aromatic N) is 1. The molecule has 2 rings (SSSR count). The van der Waals surface area contributed by atoms with Gasteiger partial charge in [0.15, 0.2) is 0 Å². The fourth-order valence-electron chi connectivity index (χ4n) is 2.34. The molecule has 0 aliphatic heterocycles. The maximum Gasteiger partial charge on any atom is 0.326 e. The molecule has 7 heteroatoms. The minimum atomic E-state index is -3.94. The number of carbonyl (C=O) groups excluding carboxylic acids is 1. The minimum absolute atomic E-state index is 0.101. The molecule has 0 fully saturated rings. The van der Waals surface area contributed by atoms with Crippen LogP contribution in [-0.4, -0.2) is 34.1 Å². The third-order valence-electron chi connectivity index (χ3n) is 3.68. The van der Waals surface area contributed by atoms with E-state index in [4.69, 9.17) is 9.47 Å². The van der Waals surface area contributed by atoms with Crippen molar-refractivity contribution in [2.45, 2.75) is 18.7 Å². The normalized spacial score (nSPS) is 10.9. The van der Waals surface area contributed by atoms with Crippen LogP contribution in [-0.2, 0) is 19.6 Å². The van der Waals surface area contributed by atoms with Gasteiger partial charge in [-0.25, -0.2) is 8.42 Å². The Balaban J connectivity index is 2.39. The summed E-state index contributed by atoms with van der Waals surface area (Å²) >= 11 is 0. The lowest BCUT2D eigenvalue weighted by molar-refractivity contribution is -0.141. The number of hydrogen-bond acceptors (Lipinski definition) is 5. The molecule has 0 unspecified atom stereocenters. The second-order valence-electron chi connectivity index (χ2n) is 5.72. The average molecular weight is 389 g/mol. The minimum Gasteiger partial charge on any atom is -0.490 e. The second-order valence-corrected chi connectivity index (χ2v) is 7.59. The first-order valence-corrected chi connectivity index (χ1v) is 9.91. The van der Waals surface area contributed by atoms with E-state index in [1.807, 2.05) is 6.92 Å². The summed E-state index contributed by atoms with van der Waals surface area (Å²) < 4.78 is 37.6. The molecule has 0 aliphatic rings. The number of carbonyl (C=O) groups is 1. The number of hydrogen-bond donors (Lipinski definition) is 0. The van der Waals surface area contributed by atoms with Crippen LogP contribution >= 0.6 is 0 Å². The van der Waals surface area contributed by atoms with Gasteiger partial charge in [-0.05, 0) is 50.2 Å². The lowest BCUT2D eigenvalue weighted by atomic mass is 10.2. The van der Waals surface area contributed by atoms with E-state index >= 15 is 0 Å². The van der Waals surface area contributed by atoms with Crippen LogP contribution in [0.3, 0.4) is 0 Å². The number of sulfonamides is 1. The van der Waals surface area contributed by atoms with E-state index in [0.29, 0.717) is 18.0 Å². The molecule has 27 heavy (non-hydrogen) atoms. The van der Waals surface area contributed by atoms with Crippen molar-refractivity contribution in [2.24, 2.45) is 0 Å². The van der Waals surface area contributed by atoms with Crippen molar-refractivity contribution in [1.29, 1.82) is 0 Å². The predicted octanol–water partition coefficient (Wildman–Crippen LogP) is 3.32. The Morgan fingerprint density at radius 2 is 1.74 bits per heavy atom. The van der Waals surface area contributed by atoms with Crippen molar-refractivity contribution in [2.75, 3.05) is 24.1 Å². The first-order chi connectivity index (χ1) is 12.9. The van der Waals surface area contributed by atoms with Gasteiger partial charge in [-0.15, -0.1) is 0 Å². The summed E-state index contributed by atoms with van der Waals surface area (Å²) in [5.74, 6) is -0.0531. The number of benzene rings is 2. The van der Waals surface area contributed by atoms with Gasteiger partial charge in [-0.3, -0.25) is 9.10 Å². The van der Waals surface area contributed by atoms with E-state index in [-0.39, 0.29) is 11.5 Å². The zero-order chi connectivity index (χ0) is 19.9. The summed E-state index contributed by atoms with van der Waals surface area (Å²) in [4.78, 5) is 12.1. The van der Waals surface area contributed by atoms with Crippen LogP contribution in [0.25, 0.3) is 0 Å². The fourth-order valence-corrected chi connectivity index (χ4v) is 3.75. The Kier molecular flexibility index (Phi) is 7.01. The molecule has 0 aliphatic carbocycles. The molecule has 0 bridgehead atoms. The molecular weight excluding hydrogens is 366 g/mol. The maximum atomic E-state index is 13.1. The third-order valence-corrected chi connectivity index (χ3v) is 5.47. The van der Waals surface area contributed by atoms with Crippen LogP contribution < -0.4 is 9.04 Å². The highest BCUT2D eigenvalue weighted by molar-refractivity contribution is 7.92. The molecule has 2 aromatic rings. The van der Waals surface area contributed by atoms with Crippen molar-refractivity contribution in [3.05, 3.63) is 66.7 Å². The van der Waals surface area contributed by atoms with Gasteiger partial charge in [0.1, 0.15) is 18.9 Å². The molecule has 2 aromatic carbocycles. The van der Waals surface area contributed by atoms with Crippen LogP contribution in [0.15, 0.2) is 66.1 Å². The SMILES string of the molecule is C=CCOc1ccc(N(CC(=O)OCC)S(=O)(=O)c2ccc(C)cc2)cc1. The van der Waals surface area contributed by atoms with Crippen LogP contribution in [0.4, 0.5) is 5.69 Å². The fraction of sp³-hybridized carbons (Fsp3) is 0.250. The smallest absolute Gasteiger partial charge is 0.326 e. The molecule has 0 N–H and O–H groups in total. The number of esters is 1. The van der Waals surface area contributed by atoms with Crippen molar-refractivity contribution >= 4 is 21.7 Å². The van der Waals surface area contributed by atoms with E-state index in [1.54, 1.807) is 49.4 Å². The highest BCUT2D eigenvalue weighted by Gasteiger charge is 2.27. The van der Waals surface area contributed by atoms with Gasteiger partial charge in [0, 0.05) is 0 Å². The summed E-state index contributed by atoms with van der Waals surface area (Å²) in [5, 5.41) is 0. The number of aryl methyl sites for hydroxylation is 1. The second kappa shape index (κ2) is 9.23. The summed E-state index contributed by atoms with van der Waals surface area (Å²) in [6.45, 7) is 7.21. The first-order valence-electron chi connectivity index (χ1n) is 8.47. The molecule has 6 nitrogen and oxygen atoms in total. The Labute approximate surface area is 160 Å². The van der Waals surface area contributed by atoms with Crippen LogP contribution in [0.1, 0.15) is 12.5 Å². The topological polar surface area (TPSA) is 72.9 Å². The van der Waals surface area contributed by atoms with Crippen molar-refractivity contribution in [3.8, 4) is 5.75 Å². The summed E-state index contributed by atoms with van der Waals surface area (Å²) in [5.41, 5.74) is 1.28. The number of anilines is 1. The van der Waals surface area contributed by atoms with Gasteiger partial charge in [0.25, 0.3) is 10.0 Å². The zero-order valence-corrected chi connectivity index (χ0v) is 16.2. The number of rotatable bonds is 9. The predicted molar refractivity (Wildman–Crippen MR) is 104 cm³/mol. The lowest BCUT2D eigenvalue weighted by Crippen LogP contribution is -2.36. The molecule has 0 aromatic heterocycles. The largest absolute Gasteiger partial charge is 0.490 e. The molecule has 0 heterocycles. The van der Waals surface area contributed by atoms with Crippen molar-refractivity contribution in [1.82, 2.24) is 0 Å². The monoisotopic (exact) mass is 389 g/mol. The van der Waals surface area contributed by atoms with Gasteiger partial charge in [-0.2, -0.15) is 0 Å². The molecule has 0 spiro atoms. The van der Waals surface area contributed by atoms with Gasteiger partial charge >= 0.3 is 5.97 Å². The third kappa shape index (κ3) is 5.34. The van der Waals surface area contributed by atoms with E-state index < -0.39 is 22.5 Å². The standard InChI is InChI=1S/C20H23NO5S/c1-4-14-26-18-10-8-17(9-11-18)21(15-20(22)25-5-2)27(23,24)19-12-6-16(3)7-13-19/h4,6-13H,1,5,14-15H2,2-3H3. The van der Waals surface area contributed by atoms with Crippen LogP contribution in [0, 0.1) is 6.92 Å². The van der Waals surface area contributed by atoms with Gasteiger partial charge in [-0.1, -0.05) is 30.4 Å². The van der Waals surface area contributed by atoms with E-state index in [9.17, 15) is 13.2 Å². The first kappa shape index (κ1) is 20.5. The Bertz CT molecular complexity index is 874. The van der Waals surface area contributed by atoms with E-state index in [2.05, 4.69) is 6.58 Å². The summed E-state index contributed by atoms with van der Waals surface area (Å²) in [7, 11) is -3.94. The molecule has 0 saturated carbocycles. The molecule has 0 atom stereocenters. The highest BCUT2D eigenvalue weighted by Crippen LogP contribution is 2.26. The maximum absolute atomic E-state index is 13.1. The quantitative estimate of drug-likeness (QED) is 0.486. The molecule has 0 saturated heterocycles. The summed E-state index contributed by atoms with van der Waals surface area (Å²) in [6, 6.07) is 12.9. The number of ether oxygens (including phenoxy) is 2. The Morgan fingerprint density at radius 3 is 2.30 bits per heavy atom. The van der Waals surface area contributed by atoms with Gasteiger partial charge in [0.2, 0.25) is 0 Å².